The van der Waals surface area contributed by atoms with Crippen LogP contribution in [0.3, 0.4) is 0 Å². The third-order valence-corrected chi connectivity index (χ3v) is 3.13. The van der Waals surface area contributed by atoms with Crippen LogP contribution in [-0.4, -0.2) is 13.3 Å². The van der Waals surface area contributed by atoms with E-state index in [2.05, 4.69) is 11.7 Å². The van der Waals surface area contributed by atoms with E-state index in [1.807, 2.05) is 6.07 Å². The van der Waals surface area contributed by atoms with Crippen LogP contribution in [0.2, 0.25) is 0 Å². The molecule has 0 fully saturated rings. The van der Waals surface area contributed by atoms with Gasteiger partial charge in [0.25, 0.3) is 0 Å². The Morgan fingerprint density at radius 3 is 2.94 bits per heavy atom. The minimum Gasteiger partial charge on any atom is -0.326 e. The lowest BCUT2D eigenvalue weighted by atomic mass is 10.1. The first-order chi connectivity index (χ1) is 8.21. The second-order valence-corrected chi connectivity index (χ2v) is 4.29. The molecule has 0 atom stereocenters. The molecule has 0 unspecified atom stereocenters. The first-order valence-corrected chi connectivity index (χ1v) is 5.86. The summed E-state index contributed by atoms with van der Waals surface area (Å²) in [5.41, 5.74) is 6.35. The molecule has 0 aliphatic heterocycles. The predicted molar refractivity (Wildman–Crippen MR) is 69.1 cm³/mol. The molecule has 0 aliphatic rings. The van der Waals surface area contributed by atoms with Gasteiger partial charge < -0.3 is 5.73 Å². The molecule has 2 N–H and O–H groups in total. The van der Waals surface area contributed by atoms with Crippen LogP contribution in [0, 0.1) is 17.1 Å². The van der Waals surface area contributed by atoms with Crippen molar-refractivity contribution < 1.29 is 4.39 Å². The molecule has 0 heterocycles. The predicted octanol–water partition coefficient (Wildman–Crippen LogP) is 2.43. The molecule has 5 heteroatoms. The Kier molecular flexibility index (Phi) is 5.40. The molecule has 0 amide bonds. The van der Waals surface area contributed by atoms with Crippen LogP contribution in [-0.2, 0) is 5.75 Å². The van der Waals surface area contributed by atoms with Gasteiger partial charge in [0.05, 0.1) is 11.6 Å². The Hall–Kier alpha value is -1.64. The van der Waals surface area contributed by atoms with Gasteiger partial charge in [-0.25, -0.2) is 4.39 Å². The summed E-state index contributed by atoms with van der Waals surface area (Å²) in [6.07, 6.45) is 1.56. The summed E-state index contributed by atoms with van der Waals surface area (Å²) >= 11 is 1.41. The van der Waals surface area contributed by atoms with Gasteiger partial charge in [0.2, 0.25) is 0 Å². The standard InChI is InChI=1S/C12H12FN3S/c1-16-7-11(6-15)17-8-10-3-2-9(5-14)4-12(10)13/h2-4,7H,1,6,8,15H2/b11-7-. The van der Waals surface area contributed by atoms with Gasteiger partial charge in [0, 0.05) is 23.4 Å². The van der Waals surface area contributed by atoms with Crippen molar-refractivity contribution in [2.45, 2.75) is 5.75 Å². The fourth-order valence-corrected chi connectivity index (χ4v) is 2.00. The number of rotatable bonds is 5. The van der Waals surface area contributed by atoms with E-state index in [0.29, 0.717) is 23.4 Å². The Labute approximate surface area is 104 Å². The normalized spacial score (nSPS) is 11.0. The van der Waals surface area contributed by atoms with Crippen LogP contribution < -0.4 is 5.73 Å². The van der Waals surface area contributed by atoms with Gasteiger partial charge in [0.1, 0.15) is 5.82 Å². The summed E-state index contributed by atoms with van der Waals surface area (Å²) in [6, 6.07) is 6.32. The smallest absolute Gasteiger partial charge is 0.128 e. The Morgan fingerprint density at radius 2 is 2.41 bits per heavy atom. The summed E-state index contributed by atoms with van der Waals surface area (Å²) < 4.78 is 13.5. The van der Waals surface area contributed by atoms with Gasteiger partial charge in [-0.2, -0.15) is 5.26 Å². The number of hydrogen-bond acceptors (Lipinski definition) is 4. The Bertz CT molecular complexity index is 477. The minimum atomic E-state index is -0.375. The number of benzene rings is 1. The van der Waals surface area contributed by atoms with Gasteiger partial charge in [-0.15, -0.1) is 11.8 Å². The Morgan fingerprint density at radius 1 is 1.65 bits per heavy atom. The van der Waals surface area contributed by atoms with E-state index in [4.69, 9.17) is 11.0 Å². The summed E-state index contributed by atoms with van der Waals surface area (Å²) in [6.45, 7) is 3.69. The first-order valence-electron chi connectivity index (χ1n) is 4.87. The first kappa shape index (κ1) is 13.4. The molecule has 0 spiro atoms. The van der Waals surface area contributed by atoms with E-state index < -0.39 is 0 Å². The molecule has 3 nitrogen and oxygen atoms in total. The van der Waals surface area contributed by atoms with Crippen molar-refractivity contribution >= 4 is 18.5 Å². The van der Waals surface area contributed by atoms with E-state index in [1.165, 1.54) is 17.8 Å². The molecule has 0 radical (unpaired) electrons. The molecular formula is C12H12FN3S. The number of aliphatic imine (C=N–C) groups is 1. The highest BCUT2D eigenvalue weighted by atomic mass is 32.2. The topological polar surface area (TPSA) is 62.2 Å². The summed E-state index contributed by atoms with van der Waals surface area (Å²) in [5.74, 6) is 0.0790. The maximum absolute atomic E-state index is 13.5. The summed E-state index contributed by atoms with van der Waals surface area (Å²) in [5, 5.41) is 8.61. The summed E-state index contributed by atoms with van der Waals surface area (Å²) in [7, 11) is 0. The third kappa shape index (κ3) is 4.02. The largest absolute Gasteiger partial charge is 0.326 e. The van der Waals surface area contributed by atoms with Crippen molar-refractivity contribution in [3.8, 4) is 6.07 Å². The summed E-state index contributed by atoms with van der Waals surface area (Å²) in [4.78, 5) is 4.46. The fraction of sp³-hybridized carbons (Fsp3) is 0.167. The number of hydrogen-bond donors (Lipinski definition) is 1. The Balaban J connectivity index is 2.73. The second kappa shape index (κ2) is 6.84. The van der Waals surface area contributed by atoms with Crippen molar-refractivity contribution in [2.24, 2.45) is 10.7 Å². The van der Waals surface area contributed by atoms with Gasteiger partial charge in [-0.3, -0.25) is 4.99 Å². The molecule has 0 aromatic heterocycles. The van der Waals surface area contributed by atoms with Gasteiger partial charge in [0.15, 0.2) is 0 Å². The van der Waals surface area contributed by atoms with Crippen LogP contribution in [0.25, 0.3) is 0 Å². The third-order valence-electron chi connectivity index (χ3n) is 2.03. The van der Waals surface area contributed by atoms with Gasteiger partial charge in [-0.1, -0.05) is 6.07 Å². The average molecular weight is 249 g/mol. The van der Waals surface area contributed by atoms with Crippen molar-refractivity contribution in [2.75, 3.05) is 6.54 Å². The van der Waals surface area contributed by atoms with E-state index in [9.17, 15) is 4.39 Å². The van der Waals surface area contributed by atoms with Crippen LogP contribution in [0.5, 0.6) is 0 Å². The van der Waals surface area contributed by atoms with Crippen molar-refractivity contribution in [3.63, 3.8) is 0 Å². The highest BCUT2D eigenvalue weighted by Gasteiger charge is 2.05. The molecule has 0 saturated heterocycles. The molecule has 1 aromatic carbocycles. The van der Waals surface area contributed by atoms with E-state index in [0.717, 1.165) is 4.91 Å². The zero-order valence-corrected chi connectivity index (χ0v) is 10.0. The highest BCUT2D eigenvalue weighted by Crippen LogP contribution is 2.22. The minimum absolute atomic E-state index is 0.318. The number of nitrogens with two attached hydrogens (primary N) is 1. The molecule has 88 valence electrons. The molecule has 17 heavy (non-hydrogen) atoms. The van der Waals surface area contributed by atoms with Crippen molar-refractivity contribution in [1.29, 1.82) is 5.26 Å². The van der Waals surface area contributed by atoms with Crippen LogP contribution in [0.15, 0.2) is 34.3 Å². The van der Waals surface area contributed by atoms with Gasteiger partial charge >= 0.3 is 0 Å². The molecule has 0 saturated carbocycles. The van der Waals surface area contributed by atoms with Crippen molar-refractivity contribution in [3.05, 3.63) is 46.2 Å². The lowest BCUT2D eigenvalue weighted by Crippen LogP contribution is -2.00. The zero-order chi connectivity index (χ0) is 12.7. The molecular weight excluding hydrogens is 237 g/mol. The zero-order valence-electron chi connectivity index (χ0n) is 9.19. The van der Waals surface area contributed by atoms with E-state index in [1.54, 1.807) is 18.3 Å². The van der Waals surface area contributed by atoms with E-state index in [-0.39, 0.29) is 5.82 Å². The molecule has 0 bridgehead atoms. The number of thioether (sulfide) groups is 1. The SMILES string of the molecule is C=N/C=C(/CN)SCc1ccc(C#N)cc1F. The number of nitriles is 1. The lowest BCUT2D eigenvalue weighted by molar-refractivity contribution is 0.617. The van der Waals surface area contributed by atoms with Crippen LogP contribution >= 0.6 is 11.8 Å². The van der Waals surface area contributed by atoms with E-state index >= 15 is 0 Å². The molecule has 0 aliphatic carbocycles. The highest BCUT2D eigenvalue weighted by molar-refractivity contribution is 8.02. The van der Waals surface area contributed by atoms with Crippen molar-refractivity contribution in [1.82, 2.24) is 0 Å². The fourth-order valence-electron chi connectivity index (χ4n) is 1.16. The maximum Gasteiger partial charge on any atom is 0.128 e. The molecule has 1 rings (SSSR count). The quantitative estimate of drug-likeness (QED) is 0.815. The van der Waals surface area contributed by atoms with Crippen LogP contribution in [0.4, 0.5) is 4.39 Å². The monoisotopic (exact) mass is 249 g/mol. The maximum atomic E-state index is 13.5. The van der Waals surface area contributed by atoms with Crippen LogP contribution in [0.1, 0.15) is 11.1 Å². The number of halogens is 1. The lowest BCUT2D eigenvalue weighted by Gasteiger charge is -2.05. The number of nitrogens with zero attached hydrogens (tertiary/aromatic N) is 2. The van der Waals surface area contributed by atoms with Gasteiger partial charge in [-0.05, 0) is 24.4 Å². The molecule has 1 aromatic rings. The second-order valence-electron chi connectivity index (χ2n) is 3.19. The average Bonchev–Trinajstić information content (AvgIpc) is 2.35.